The Bertz CT molecular complexity index is 2040. The summed E-state index contributed by atoms with van der Waals surface area (Å²) >= 11 is 0. The molecule has 6 heteroatoms. The normalized spacial score (nSPS) is 21.0. The average Bonchev–Trinajstić information content (AvgIpc) is 3.45. The van der Waals surface area contributed by atoms with E-state index >= 15 is 0 Å². The van der Waals surface area contributed by atoms with Gasteiger partial charge in [-0.25, -0.2) is 0 Å². The zero-order valence-corrected chi connectivity index (χ0v) is 28.3. The van der Waals surface area contributed by atoms with Crippen LogP contribution in [0.15, 0.2) is 91.0 Å². The molecule has 2 atom stereocenters. The summed E-state index contributed by atoms with van der Waals surface area (Å²) in [4.78, 5) is 2.37. The van der Waals surface area contributed by atoms with Gasteiger partial charge in [-0.05, 0) is 65.8 Å². The van der Waals surface area contributed by atoms with Crippen molar-refractivity contribution in [1.82, 2.24) is 0 Å². The van der Waals surface area contributed by atoms with Gasteiger partial charge in [-0.15, -0.1) is 0 Å². The zero-order valence-electron chi connectivity index (χ0n) is 28.3. The second-order valence-corrected chi connectivity index (χ2v) is 12.9. The maximum absolute atomic E-state index is 7.54. The van der Waals surface area contributed by atoms with E-state index in [1.807, 2.05) is 19.2 Å². The third-order valence-electron chi connectivity index (χ3n) is 10.6. The van der Waals surface area contributed by atoms with Crippen LogP contribution < -0.4 is 19.1 Å². The predicted molar refractivity (Wildman–Crippen MR) is 192 cm³/mol. The van der Waals surface area contributed by atoms with Crippen LogP contribution in [0.4, 0.5) is 5.69 Å². The van der Waals surface area contributed by atoms with Crippen molar-refractivity contribution < 1.29 is 23.7 Å². The summed E-state index contributed by atoms with van der Waals surface area (Å²) in [7, 11) is 5.28. The van der Waals surface area contributed by atoms with E-state index in [4.69, 9.17) is 23.7 Å². The molecule has 5 aromatic carbocycles. The zero-order chi connectivity index (χ0) is 33.0. The molecule has 5 aromatic rings. The summed E-state index contributed by atoms with van der Waals surface area (Å²) in [6.45, 7) is 7.29. The number of fused-ring (bicyclic) bond motifs is 8. The van der Waals surface area contributed by atoms with Crippen LogP contribution in [0.25, 0.3) is 28.0 Å². The molecule has 0 N–H and O–H groups in total. The number of anilines is 1. The van der Waals surface area contributed by atoms with Gasteiger partial charge < -0.3 is 28.6 Å². The minimum Gasteiger partial charge on any atom is -0.497 e. The lowest BCUT2D eigenvalue weighted by Gasteiger charge is -2.39. The number of methoxy groups -OCH3 is 3. The van der Waals surface area contributed by atoms with E-state index in [0.29, 0.717) is 13.2 Å². The summed E-state index contributed by atoms with van der Waals surface area (Å²) in [5.74, 6) is 2.43. The van der Waals surface area contributed by atoms with Gasteiger partial charge in [-0.2, -0.15) is 0 Å². The smallest absolute Gasteiger partial charge is 0.178 e. The number of hydrogen-bond acceptors (Lipinski definition) is 6. The standard InChI is InChI=1S/C42H41NO5/c1-6-41(46-5)35-10-8-7-9-31(35)38-33-25-36(43-21-23-47-24-22-43)37(45-4)26-34(33)40-32(39(38)41)19-20-42(48-40,28-13-11-27(2)12-14-28)29-15-17-30(44-3)18-16-29/h7-20,25-26H,6,21-24H2,1-5H3. The Morgan fingerprint density at radius 2 is 1.52 bits per heavy atom. The monoisotopic (exact) mass is 639 g/mol. The van der Waals surface area contributed by atoms with E-state index in [-0.39, 0.29) is 0 Å². The molecule has 0 saturated carbocycles. The Labute approximate surface area is 282 Å². The third kappa shape index (κ3) is 4.39. The fourth-order valence-corrected chi connectivity index (χ4v) is 8.10. The number of rotatable bonds is 7. The van der Waals surface area contributed by atoms with Crippen LogP contribution in [-0.4, -0.2) is 47.6 Å². The average molecular weight is 640 g/mol. The van der Waals surface area contributed by atoms with Gasteiger partial charge in [0.05, 0.1) is 33.1 Å². The molecule has 244 valence electrons. The molecule has 1 aliphatic carbocycles. The molecule has 0 spiro atoms. The fourth-order valence-electron chi connectivity index (χ4n) is 8.10. The van der Waals surface area contributed by atoms with E-state index in [9.17, 15) is 0 Å². The van der Waals surface area contributed by atoms with E-state index < -0.39 is 11.2 Å². The maximum Gasteiger partial charge on any atom is 0.178 e. The maximum atomic E-state index is 7.54. The Morgan fingerprint density at radius 3 is 2.19 bits per heavy atom. The van der Waals surface area contributed by atoms with Crippen molar-refractivity contribution in [2.45, 2.75) is 31.5 Å². The Kier molecular flexibility index (Phi) is 7.46. The van der Waals surface area contributed by atoms with Crippen LogP contribution in [0.5, 0.6) is 17.2 Å². The van der Waals surface area contributed by atoms with Crippen LogP contribution in [0.1, 0.15) is 46.7 Å². The molecule has 0 bridgehead atoms. The first-order valence-corrected chi connectivity index (χ1v) is 16.8. The van der Waals surface area contributed by atoms with Gasteiger partial charge in [0.25, 0.3) is 0 Å². The first kappa shape index (κ1) is 30.5. The van der Waals surface area contributed by atoms with Crippen LogP contribution in [0.3, 0.4) is 0 Å². The summed E-state index contributed by atoms with van der Waals surface area (Å²) in [6, 6.07) is 30.0. The quantitative estimate of drug-likeness (QED) is 0.178. The molecule has 1 fully saturated rings. The molecule has 2 unspecified atom stereocenters. The summed E-state index contributed by atoms with van der Waals surface area (Å²) in [6.07, 6.45) is 5.25. The largest absolute Gasteiger partial charge is 0.497 e. The van der Waals surface area contributed by atoms with Crippen LogP contribution in [0.2, 0.25) is 0 Å². The van der Waals surface area contributed by atoms with E-state index in [2.05, 4.69) is 104 Å². The first-order chi connectivity index (χ1) is 23.5. The molecule has 2 heterocycles. The summed E-state index contributed by atoms with van der Waals surface area (Å²) in [5, 5.41) is 2.12. The van der Waals surface area contributed by atoms with Crippen molar-refractivity contribution in [3.8, 4) is 28.4 Å². The lowest BCUT2D eigenvalue weighted by atomic mass is 9.79. The second kappa shape index (κ2) is 11.7. The van der Waals surface area contributed by atoms with Crippen molar-refractivity contribution in [1.29, 1.82) is 0 Å². The minimum atomic E-state index is -0.891. The van der Waals surface area contributed by atoms with Gasteiger partial charge in [0.1, 0.15) is 22.8 Å². The minimum absolute atomic E-state index is 0.638. The summed E-state index contributed by atoms with van der Waals surface area (Å²) in [5.41, 5.74) is 8.54. The van der Waals surface area contributed by atoms with Crippen LogP contribution in [-0.2, 0) is 20.7 Å². The third-order valence-corrected chi connectivity index (χ3v) is 10.6. The topological polar surface area (TPSA) is 49.4 Å². The number of aryl methyl sites for hydroxylation is 1. The molecule has 0 aromatic heterocycles. The van der Waals surface area contributed by atoms with Gasteiger partial charge in [0, 0.05) is 47.8 Å². The molecule has 0 radical (unpaired) electrons. The number of benzene rings is 5. The second-order valence-electron chi connectivity index (χ2n) is 12.9. The van der Waals surface area contributed by atoms with E-state index in [1.54, 1.807) is 14.2 Å². The molecule has 1 saturated heterocycles. The van der Waals surface area contributed by atoms with E-state index in [1.165, 1.54) is 22.3 Å². The lowest BCUT2D eigenvalue weighted by molar-refractivity contribution is 0.0219. The van der Waals surface area contributed by atoms with Crippen molar-refractivity contribution in [2.75, 3.05) is 52.5 Å². The summed E-state index contributed by atoms with van der Waals surface area (Å²) < 4.78 is 31.6. The van der Waals surface area contributed by atoms with E-state index in [0.717, 1.165) is 75.5 Å². The Morgan fingerprint density at radius 1 is 0.812 bits per heavy atom. The van der Waals surface area contributed by atoms with Gasteiger partial charge in [-0.3, -0.25) is 0 Å². The van der Waals surface area contributed by atoms with Crippen LogP contribution in [0, 0.1) is 6.92 Å². The number of morpholine rings is 1. The number of ether oxygens (including phenoxy) is 5. The highest BCUT2D eigenvalue weighted by Gasteiger charge is 2.48. The molecular formula is C42H41NO5. The molecule has 48 heavy (non-hydrogen) atoms. The molecule has 8 rings (SSSR count). The van der Waals surface area contributed by atoms with Crippen molar-refractivity contribution in [3.63, 3.8) is 0 Å². The van der Waals surface area contributed by atoms with Crippen molar-refractivity contribution in [3.05, 3.63) is 124 Å². The first-order valence-electron chi connectivity index (χ1n) is 16.8. The highest BCUT2D eigenvalue weighted by Crippen LogP contribution is 2.60. The van der Waals surface area contributed by atoms with Gasteiger partial charge >= 0.3 is 0 Å². The number of hydrogen-bond donors (Lipinski definition) is 0. The Balaban J connectivity index is 1.47. The highest BCUT2D eigenvalue weighted by molar-refractivity contribution is 6.10. The predicted octanol–water partition coefficient (Wildman–Crippen LogP) is 8.63. The molecule has 6 nitrogen and oxygen atoms in total. The number of nitrogens with zero attached hydrogens (tertiary/aromatic N) is 1. The lowest BCUT2D eigenvalue weighted by Crippen LogP contribution is -2.36. The highest BCUT2D eigenvalue weighted by atomic mass is 16.5. The molecule has 0 amide bonds. The molecule has 3 aliphatic rings. The fraction of sp³-hybridized carbons (Fsp3) is 0.286. The van der Waals surface area contributed by atoms with Crippen LogP contribution >= 0.6 is 0 Å². The van der Waals surface area contributed by atoms with Crippen molar-refractivity contribution >= 4 is 22.5 Å². The molecular weight excluding hydrogens is 598 g/mol. The Hall–Kier alpha value is -4.78. The van der Waals surface area contributed by atoms with Gasteiger partial charge in [-0.1, -0.05) is 79.2 Å². The SMILES string of the molecule is CCC1(OC)c2ccccc2-c2c1c1c(c3cc(OC)c(N4CCOCC4)cc23)OC(c2ccc(C)cc2)(c2ccc(OC)cc2)C=C1. The van der Waals surface area contributed by atoms with Gasteiger partial charge in [0.2, 0.25) is 0 Å². The molecule has 2 aliphatic heterocycles. The van der Waals surface area contributed by atoms with Gasteiger partial charge in [0.15, 0.2) is 5.60 Å². The van der Waals surface area contributed by atoms with Crippen molar-refractivity contribution in [2.24, 2.45) is 0 Å².